The molecule has 1 fully saturated rings. The van der Waals surface area contributed by atoms with Gasteiger partial charge in [0.25, 0.3) is 0 Å². The van der Waals surface area contributed by atoms with E-state index in [-0.39, 0.29) is 29.6 Å². The van der Waals surface area contributed by atoms with E-state index in [9.17, 15) is 0 Å². The van der Waals surface area contributed by atoms with Gasteiger partial charge in [0, 0.05) is 6.61 Å². The van der Waals surface area contributed by atoms with E-state index in [1.54, 1.807) is 0 Å². The van der Waals surface area contributed by atoms with E-state index < -0.39 is 0 Å². The zero-order valence-corrected chi connectivity index (χ0v) is 4.11. The van der Waals surface area contributed by atoms with Gasteiger partial charge in [0.15, 0.2) is 0 Å². The Bertz CT molecular complexity index is 41.3. The van der Waals surface area contributed by atoms with E-state index in [2.05, 4.69) is 6.92 Å². The van der Waals surface area contributed by atoms with Gasteiger partial charge in [-0.25, -0.2) is 0 Å². The summed E-state index contributed by atoms with van der Waals surface area (Å²) in [6.07, 6.45) is 3.08. The van der Waals surface area contributed by atoms with Crippen LogP contribution in [0.15, 0.2) is 0 Å². The molecule has 2 heteroatoms. The van der Waals surface area contributed by atoms with E-state index in [1.165, 1.54) is 12.8 Å². The molecule has 1 saturated heterocycles. The third kappa shape index (κ3) is 2.70. The first-order valence-corrected chi connectivity index (χ1v) is 2.51. The molecule has 0 N–H and O–H groups in total. The summed E-state index contributed by atoms with van der Waals surface area (Å²) in [6, 6.07) is 0. The van der Waals surface area contributed by atoms with Crippen LogP contribution < -0.4 is 0 Å². The first-order valence-electron chi connectivity index (χ1n) is 2.51. The first kappa shape index (κ1) is 7.96. The van der Waals surface area contributed by atoms with Gasteiger partial charge in [-0.1, -0.05) is 0 Å². The van der Waals surface area contributed by atoms with Gasteiger partial charge >= 0.3 is 29.6 Å². The molecule has 0 spiro atoms. The van der Waals surface area contributed by atoms with Crippen molar-refractivity contribution in [3.05, 3.63) is 0 Å². The van der Waals surface area contributed by atoms with Crippen molar-refractivity contribution in [2.45, 2.75) is 25.9 Å². The van der Waals surface area contributed by atoms with Gasteiger partial charge in [-0.15, -0.1) is 0 Å². The Morgan fingerprint density at radius 3 is 2.43 bits per heavy atom. The molecule has 1 heterocycles. The van der Waals surface area contributed by atoms with Crippen molar-refractivity contribution < 1.29 is 4.74 Å². The van der Waals surface area contributed by atoms with Gasteiger partial charge in [0.05, 0.1) is 6.10 Å². The average Bonchev–Trinajstić information content (AvgIpc) is 1.86. The quantitative estimate of drug-likeness (QED) is 0.413. The molecule has 1 nitrogen and oxygen atoms in total. The molecule has 1 unspecified atom stereocenters. The minimum absolute atomic E-state index is 0. The van der Waals surface area contributed by atoms with Crippen molar-refractivity contribution in [3.8, 4) is 0 Å². The number of ether oxygens (including phenoxy) is 1. The third-order valence-corrected chi connectivity index (χ3v) is 1.16. The molecule has 0 saturated carbocycles. The normalized spacial score (nSPS) is 29.6. The summed E-state index contributed by atoms with van der Waals surface area (Å²) in [5.41, 5.74) is 0. The van der Waals surface area contributed by atoms with Gasteiger partial charge in [-0.2, -0.15) is 0 Å². The van der Waals surface area contributed by atoms with Crippen molar-refractivity contribution in [3.63, 3.8) is 0 Å². The molecule has 0 aromatic heterocycles. The predicted molar refractivity (Wildman–Crippen MR) is 31.8 cm³/mol. The molecule has 0 aromatic carbocycles. The number of hydrogen-bond acceptors (Lipinski definition) is 1. The fourth-order valence-electron chi connectivity index (χ4n) is 0.739. The Labute approximate surface area is 66.7 Å². The van der Waals surface area contributed by atoms with Gasteiger partial charge in [0.2, 0.25) is 0 Å². The Morgan fingerprint density at radius 2 is 2.29 bits per heavy atom. The predicted octanol–water partition coefficient (Wildman–Crippen LogP) is 0.537. The number of rotatable bonds is 0. The van der Waals surface area contributed by atoms with Crippen molar-refractivity contribution >= 4 is 29.6 Å². The zero-order valence-electron chi connectivity index (χ0n) is 4.11. The van der Waals surface area contributed by atoms with Gasteiger partial charge in [-0.05, 0) is 19.8 Å². The third-order valence-electron chi connectivity index (χ3n) is 1.16. The van der Waals surface area contributed by atoms with Crippen molar-refractivity contribution in [2.75, 3.05) is 6.61 Å². The maximum atomic E-state index is 5.15. The molecule has 1 aliphatic heterocycles. The van der Waals surface area contributed by atoms with Crippen LogP contribution in [0.4, 0.5) is 0 Å². The summed E-state index contributed by atoms with van der Waals surface area (Å²) < 4.78 is 5.15. The molecule has 1 rings (SSSR count). The second-order valence-corrected chi connectivity index (χ2v) is 1.82. The van der Waals surface area contributed by atoms with Crippen LogP contribution in [0.2, 0.25) is 0 Å². The first-order chi connectivity index (χ1) is 2.89. The fourth-order valence-corrected chi connectivity index (χ4v) is 0.739. The van der Waals surface area contributed by atoms with E-state index in [0.29, 0.717) is 6.10 Å². The van der Waals surface area contributed by atoms with Gasteiger partial charge in [0.1, 0.15) is 0 Å². The topological polar surface area (TPSA) is 9.23 Å². The van der Waals surface area contributed by atoms with Crippen molar-refractivity contribution in [1.29, 1.82) is 0 Å². The summed E-state index contributed by atoms with van der Waals surface area (Å²) >= 11 is 0. The average molecular weight is 110 g/mol. The molecule has 0 aliphatic carbocycles. The van der Waals surface area contributed by atoms with Crippen molar-refractivity contribution in [2.24, 2.45) is 0 Å². The molecule has 0 amide bonds. The van der Waals surface area contributed by atoms with Crippen LogP contribution >= 0.6 is 0 Å². The molecule has 38 valence electrons. The summed E-state index contributed by atoms with van der Waals surface area (Å²) in [4.78, 5) is 0. The van der Waals surface area contributed by atoms with E-state index in [1.807, 2.05) is 0 Å². The molecule has 0 bridgehead atoms. The van der Waals surface area contributed by atoms with E-state index >= 15 is 0 Å². The molecule has 1 aliphatic rings. The SMILES string of the molecule is CC1CCCO1.[NaH]. The van der Waals surface area contributed by atoms with Crippen LogP contribution in [0.1, 0.15) is 19.8 Å². The van der Waals surface area contributed by atoms with Crippen molar-refractivity contribution in [1.82, 2.24) is 0 Å². The standard InChI is InChI=1S/C5H10O.Na.H/c1-5-3-2-4-6-5;;/h5H,2-4H2,1H3;;. The number of hydrogen-bond donors (Lipinski definition) is 0. The molecular weight excluding hydrogens is 99.0 g/mol. The van der Waals surface area contributed by atoms with Crippen LogP contribution in [0.3, 0.4) is 0 Å². The van der Waals surface area contributed by atoms with Crippen LogP contribution in [0.25, 0.3) is 0 Å². The summed E-state index contributed by atoms with van der Waals surface area (Å²) in [5.74, 6) is 0. The molecular formula is C5H11NaO. The minimum atomic E-state index is 0. The Hall–Kier alpha value is 0.960. The van der Waals surface area contributed by atoms with E-state index in [0.717, 1.165) is 6.61 Å². The monoisotopic (exact) mass is 110 g/mol. The Balaban J connectivity index is 0.000000360. The maximum absolute atomic E-state index is 5.15. The molecule has 7 heavy (non-hydrogen) atoms. The summed E-state index contributed by atoms with van der Waals surface area (Å²) in [7, 11) is 0. The van der Waals surface area contributed by atoms with Crippen LogP contribution in [-0.4, -0.2) is 42.3 Å². The molecule has 0 radical (unpaired) electrons. The van der Waals surface area contributed by atoms with Crippen LogP contribution in [0.5, 0.6) is 0 Å². The second kappa shape index (κ2) is 3.90. The second-order valence-electron chi connectivity index (χ2n) is 1.82. The Morgan fingerprint density at radius 1 is 1.57 bits per heavy atom. The van der Waals surface area contributed by atoms with Crippen LogP contribution in [-0.2, 0) is 4.74 Å². The zero-order chi connectivity index (χ0) is 4.41. The van der Waals surface area contributed by atoms with Crippen LogP contribution in [0, 0.1) is 0 Å². The fraction of sp³-hybridized carbons (Fsp3) is 1.00. The summed E-state index contributed by atoms with van der Waals surface area (Å²) in [6.45, 7) is 3.11. The van der Waals surface area contributed by atoms with E-state index in [4.69, 9.17) is 4.74 Å². The molecule has 0 aromatic rings. The van der Waals surface area contributed by atoms with Gasteiger partial charge in [-0.3, -0.25) is 0 Å². The Kier molecular flexibility index (Phi) is 4.44. The summed E-state index contributed by atoms with van der Waals surface area (Å²) in [5, 5.41) is 0. The molecule has 1 atom stereocenters. The van der Waals surface area contributed by atoms with Gasteiger partial charge < -0.3 is 4.74 Å².